The number of fused-ring (bicyclic) bond motifs is 2. The third-order valence-electron chi connectivity index (χ3n) is 8.55. The number of benzene rings is 4. The maximum Gasteiger partial charge on any atom is 0.325 e. The third-order valence-corrected chi connectivity index (χ3v) is 8.96. The van der Waals surface area contributed by atoms with Crippen molar-refractivity contribution in [3.05, 3.63) is 111 Å². The molecule has 0 aliphatic carbocycles. The lowest BCUT2D eigenvalue weighted by Gasteiger charge is -2.31. The van der Waals surface area contributed by atoms with Gasteiger partial charge in [-0.1, -0.05) is 60.1 Å². The van der Waals surface area contributed by atoms with Crippen molar-refractivity contribution in [1.29, 1.82) is 0 Å². The monoisotopic (exact) mass is 599 g/mol. The van der Waals surface area contributed by atoms with Crippen molar-refractivity contribution in [2.75, 3.05) is 12.0 Å². The van der Waals surface area contributed by atoms with E-state index in [1.165, 1.54) is 30.3 Å². The van der Waals surface area contributed by atoms with Crippen LogP contribution in [0.2, 0.25) is 5.02 Å². The molecule has 2 saturated heterocycles. The topological polar surface area (TPSA) is 139 Å². The maximum absolute atomic E-state index is 14.2. The number of aryl methyl sites for hydroxylation is 1. The van der Waals surface area contributed by atoms with Crippen LogP contribution in [0.25, 0.3) is 10.8 Å². The molecule has 6 rings (SSSR count). The molecule has 4 unspecified atom stereocenters. The van der Waals surface area contributed by atoms with Crippen LogP contribution in [-0.2, 0) is 20.8 Å². The summed E-state index contributed by atoms with van der Waals surface area (Å²) in [4.78, 5) is 53.5. The van der Waals surface area contributed by atoms with E-state index in [1.54, 1.807) is 38.3 Å². The molecular weight excluding hydrogens is 574 g/mol. The molecule has 0 bridgehead atoms. The molecule has 0 aromatic heterocycles. The number of carboxylic acids is 1. The molecule has 2 fully saturated rings. The number of anilines is 1. The first-order valence-electron chi connectivity index (χ1n) is 13.5. The number of hydrogen-bond donors (Lipinski definition) is 2. The number of amides is 2. The summed E-state index contributed by atoms with van der Waals surface area (Å²) in [6.45, 7) is 1.79. The summed E-state index contributed by atoms with van der Waals surface area (Å²) in [5.41, 5.74) is 0.0462. The molecule has 218 valence electrons. The predicted molar refractivity (Wildman–Crippen MR) is 159 cm³/mol. The Morgan fingerprint density at radius 3 is 2.37 bits per heavy atom. The zero-order valence-corrected chi connectivity index (χ0v) is 23.9. The van der Waals surface area contributed by atoms with Crippen LogP contribution in [0.1, 0.15) is 22.7 Å². The van der Waals surface area contributed by atoms with Gasteiger partial charge < -0.3 is 9.84 Å². The average molecular weight is 600 g/mol. The number of methoxy groups -OCH3 is 1. The number of ether oxygens (including phenoxy) is 1. The van der Waals surface area contributed by atoms with E-state index in [4.69, 9.17) is 16.3 Å². The van der Waals surface area contributed by atoms with Crippen LogP contribution in [0.4, 0.5) is 11.4 Å². The normalized spacial score (nSPS) is 23.0. The van der Waals surface area contributed by atoms with E-state index in [0.29, 0.717) is 21.9 Å². The summed E-state index contributed by atoms with van der Waals surface area (Å²) in [5.74, 6) is -4.27. The van der Waals surface area contributed by atoms with Gasteiger partial charge in [0.1, 0.15) is 11.3 Å². The molecular formula is C32H26ClN3O7. The first-order valence-corrected chi connectivity index (χ1v) is 13.9. The van der Waals surface area contributed by atoms with E-state index >= 15 is 0 Å². The Hall–Kier alpha value is -4.80. The van der Waals surface area contributed by atoms with Crippen molar-refractivity contribution >= 4 is 51.5 Å². The number of nitrogens with zero attached hydrogens (tertiary/aromatic N) is 2. The third kappa shape index (κ3) is 4.41. The molecule has 4 aromatic rings. The molecule has 2 heterocycles. The van der Waals surface area contributed by atoms with Crippen LogP contribution < -0.4 is 15.0 Å². The highest BCUT2D eigenvalue weighted by molar-refractivity contribution is 6.32. The van der Waals surface area contributed by atoms with Crippen molar-refractivity contribution in [2.45, 2.75) is 24.9 Å². The van der Waals surface area contributed by atoms with Gasteiger partial charge in [0, 0.05) is 35.0 Å². The zero-order valence-electron chi connectivity index (χ0n) is 23.1. The highest BCUT2D eigenvalue weighted by Crippen LogP contribution is 2.52. The summed E-state index contributed by atoms with van der Waals surface area (Å²) in [5, 5.41) is 27.1. The van der Waals surface area contributed by atoms with Crippen LogP contribution in [0, 0.1) is 28.9 Å². The van der Waals surface area contributed by atoms with Crippen molar-refractivity contribution < 1.29 is 29.2 Å². The van der Waals surface area contributed by atoms with Crippen molar-refractivity contribution in [2.24, 2.45) is 11.8 Å². The number of aliphatic carboxylic acids is 1. The lowest BCUT2D eigenvalue weighted by molar-refractivity contribution is -0.384. The number of nitrogens with one attached hydrogen (secondary N) is 1. The van der Waals surface area contributed by atoms with Gasteiger partial charge in [-0.15, -0.1) is 0 Å². The predicted octanol–water partition coefficient (Wildman–Crippen LogP) is 5.23. The number of hydrogen-bond acceptors (Lipinski definition) is 7. The number of nitro groups is 1. The number of carbonyl (C=O) groups is 3. The molecule has 4 atom stereocenters. The van der Waals surface area contributed by atoms with Crippen LogP contribution in [0.15, 0.2) is 78.9 Å². The summed E-state index contributed by atoms with van der Waals surface area (Å²) in [7, 11) is 1.55. The fraction of sp³-hybridized carbons (Fsp3) is 0.219. The molecule has 0 saturated carbocycles. The van der Waals surface area contributed by atoms with E-state index in [1.807, 2.05) is 24.3 Å². The van der Waals surface area contributed by atoms with Crippen LogP contribution in [0.3, 0.4) is 0 Å². The second kappa shape index (κ2) is 10.5. The molecule has 10 nitrogen and oxygen atoms in total. The number of nitro benzene ring substituents is 1. The highest BCUT2D eigenvalue weighted by Gasteiger charge is 2.68. The van der Waals surface area contributed by atoms with Gasteiger partial charge in [0.15, 0.2) is 0 Å². The maximum atomic E-state index is 14.2. The summed E-state index contributed by atoms with van der Waals surface area (Å²) in [6.07, 6.45) is -0.201. The minimum absolute atomic E-state index is 0.150. The van der Waals surface area contributed by atoms with E-state index in [9.17, 15) is 29.6 Å². The van der Waals surface area contributed by atoms with E-state index in [-0.39, 0.29) is 17.8 Å². The largest absolute Gasteiger partial charge is 0.496 e. The fourth-order valence-corrected chi connectivity index (χ4v) is 6.66. The van der Waals surface area contributed by atoms with Gasteiger partial charge in [0.25, 0.3) is 5.69 Å². The minimum Gasteiger partial charge on any atom is -0.496 e. The molecule has 0 spiro atoms. The Morgan fingerprint density at radius 1 is 1.05 bits per heavy atom. The molecule has 0 radical (unpaired) electrons. The number of carbonyl (C=O) groups excluding carboxylic acids is 2. The van der Waals surface area contributed by atoms with Crippen molar-refractivity contribution in [1.82, 2.24) is 5.32 Å². The highest BCUT2D eigenvalue weighted by atomic mass is 35.5. The lowest BCUT2D eigenvalue weighted by atomic mass is 9.76. The number of imide groups is 1. The van der Waals surface area contributed by atoms with Gasteiger partial charge >= 0.3 is 5.97 Å². The molecule has 11 heteroatoms. The summed E-state index contributed by atoms with van der Waals surface area (Å²) < 4.78 is 5.55. The van der Waals surface area contributed by atoms with E-state index in [0.717, 1.165) is 21.2 Å². The number of rotatable bonds is 7. The molecule has 43 heavy (non-hydrogen) atoms. The smallest absolute Gasteiger partial charge is 0.325 e. The molecule has 2 amide bonds. The molecule has 2 aliphatic rings. The van der Waals surface area contributed by atoms with Gasteiger partial charge in [-0.3, -0.25) is 29.8 Å². The Morgan fingerprint density at radius 2 is 1.74 bits per heavy atom. The Labute approximate surface area is 251 Å². The Kier molecular flexibility index (Phi) is 6.90. The molecule has 2 N–H and O–H groups in total. The van der Waals surface area contributed by atoms with Crippen LogP contribution in [0.5, 0.6) is 5.75 Å². The second-order valence-electron chi connectivity index (χ2n) is 10.9. The van der Waals surface area contributed by atoms with Gasteiger partial charge in [-0.05, 0) is 47.2 Å². The minimum atomic E-state index is -1.91. The standard InChI is InChI=1S/C32H26ClN3O7/c1-17-7-10-20(15-24(17)33)35-29(37)26-27(30(35)38)32(31(39)40,16-18-8-11-19(12-9-18)36(41)42)34-28(26)23-13-14-25(43-2)22-6-4-3-5-21(22)23/h3-15,26-28,34H,16H2,1-2H3,(H,39,40). The van der Waals surface area contributed by atoms with Crippen molar-refractivity contribution in [3.8, 4) is 5.75 Å². The number of carboxylic acid groups (broad SMARTS) is 1. The summed E-state index contributed by atoms with van der Waals surface area (Å²) in [6, 6.07) is 20.4. The first kappa shape index (κ1) is 28.3. The average Bonchev–Trinajstić information content (AvgIpc) is 3.47. The molecule has 2 aliphatic heterocycles. The van der Waals surface area contributed by atoms with E-state index < -0.39 is 46.1 Å². The van der Waals surface area contributed by atoms with E-state index in [2.05, 4.69) is 5.32 Å². The van der Waals surface area contributed by atoms with Gasteiger partial charge in [-0.2, -0.15) is 0 Å². The SMILES string of the molecule is COc1ccc(C2NC(Cc3ccc([N+](=O)[O-])cc3)(C(=O)O)C3C(=O)N(c4ccc(C)c(Cl)c4)C(=O)C23)c2ccccc12. The van der Waals surface area contributed by atoms with Gasteiger partial charge in [-0.25, -0.2) is 4.90 Å². The van der Waals surface area contributed by atoms with Crippen LogP contribution >= 0.6 is 11.6 Å². The summed E-state index contributed by atoms with van der Waals surface area (Å²) >= 11 is 6.36. The first-order chi connectivity index (χ1) is 20.6. The van der Waals surface area contributed by atoms with Crippen molar-refractivity contribution in [3.63, 3.8) is 0 Å². The van der Waals surface area contributed by atoms with Crippen LogP contribution in [-0.4, -0.2) is 40.5 Å². The Bertz CT molecular complexity index is 1830. The number of non-ortho nitro benzene ring substituents is 1. The number of halogens is 1. The Balaban J connectivity index is 1.54. The van der Waals surface area contributed by atoms with Gasteiger partial charge in [0.2, 0.25) is 11.8 Å². The fourth-order valence-electron chi connectivity index (χ4n) is 6.48. The quantitative estimate of drug-likeness (QED) is 0.167. The zero-order chi connectivity index (χ0) is 30.6. The second-order valence-corrected chi connectivity index (χ2v) is 11.3. The molecule has 4 aromatic carbocycles. The van der Waals surface area contributed by atoms with Gasteiger partial charge in [0.05, 0.1) is 29.6 Å². The lowest BCUT2D eigenvalue weighted by Crippen LogP contribution is -2.57.